The molecule has 3 N–H and O–H groups in total. The van der Waals surface area contributed by atoms with Crippen molar-refractivity contribution in [3.8, 4) is 0 Å². The van der Waals surface area contributed by atoms with Gasteiger partial charge in [-0.3, -0.25) is 9.11 Å². The predicted octanol–water partition coefficient (Wildman–Crippen LogP) is 3.08. The van der Waals surface area contributed by atoms with Crippen molar-refractivity contribution in [3.63, 3.8) is 0 Å². The summed E-state index contributed by atoms with van der Waals surface area (Å²) in [6, 6.07) is 8.83. The molecule has 2 aromatic carbocycles. The maximum atomic E-state index is 14.0. The summed E-state index contributed by atoms with van der Waals surface area (Å²) in [5.74, 6) is -0.462. The van der Waals surface area contributed by atoms with Crippen LogP contribution in [0.25, 0.3) is 0 Å². The lowest BCUT2D eigenvalue weighted by Gasteiger charge is -2.09. The number of rotatable bonds is 7. The number of halogens is 2. The van der Waals surface area contributed by atoms with E-state index in [0.29, 0.717) is 0 Å². The number of hydrogen-bond acceptors (Lipinski definition) is 10. The number of nitrogens with one attached hydrogen (secondary N) is 1. The van der Waals surface area contributed by atoms with Crippen molar-refractivity contribution in [1.29, 1.82) is 0 Å². The molecule has 168 valence electrons. The summed E-state index contributed by atoms with van der Waals surface area (Å²) >= 11 is 5.15. The summed E-state index contributed by atoms with van der Waals surface area (Å²) < 4.78 is 81.4. The molecule has 0 bridgehead atoms. The summed E-state index contributed by atoms with van der Waals surface area (Å²) in [4.78, 5) is 10.0. The average Bonchev–Trinajstić information content (AvgIpc) is 2.66. The van der Waals surface area contributed by atoms with Crippen LogP contribution in [0.2, 0.25) is 0 Å². The lowest BCUT2D eigenvalue weighted by molar-refractivity contribution is 0.480. The van der Waals surface area contributed by atoms with Gasteiger partial charge in [-0.15, -0.1) is 5.11 Å². The third kappa shape index (κ3) is 5.77. The van der Waals surface area contributed by atoms with E-state index in [0.717, 1.165) is 12.1 Å². The Kier molecular flexibility index (Phi) is 6.75. The number of benzene rings is 2. The van der Waals surface area contributed by atoms with E-state index in [2.05, 4.69) is 30.0 Å². The summed E-state index contributed by atoms with van der Waals surface area (Å²) in [5, 5.41) is 6.00. The summed E-state index contributed by atoms with van der Waals surface area (Å²) in [6.07, 6.45) is -1.44. The van der Waals surface area contributed by atoms with E-state index in [1.165, 1.54) is 30.3 Å². The summed E-state index contributed by atoms with van der Waals surface area (Å²) in [6.45, 7) is 0. The zero-order valence-corrected chi connectivity index (χ0v) is 18.0. The second-order valence-electron chi connectivity index (χ2n) is 6.06. The Balaban J connectivity index is 1.95. The van der Waals surface area contributed by atoms with E-state index >= 15 is 0 Å². The monoisotopic (exact) mass is 502 g/mol. The van der Waals surface area contributed by atoms with Gasteiger partial charge in [-0.1, -0.05) is 22.8 Å². The van der Waals surface area contributed by atoms with Gasteiger partial charge < -0.3 is 5.32 Å². The molecule has 0 saturated heterocycles. The van der Waals surface area contributed by atoms with Crippen LogP contribution in [0.4, 0.5) is 21.7 Å². The molecule has 0 saturated carbocycles. The first-order valence-corrected chi connectivity index (χ1v) is 11.6. The Hall–Kier alpha value is -3.11. The molecule has 1 aromatic heterocycles. The van der Waals surface area contributed by atoms with Gasteiger partial charge in [0.05, 0.1) is 16.7 Å². The zero-order chi connectivity index (χ0) is 23.5. The number of nitrogens with zero attached hydrogens (tertiary/aromatic N) is 5. The smallest absolute Gasteiger partial charge is 0.313 e. The lowest BCUT2D eigenvalue weighted by Crippen LogP contribution is -2.09. The highest BCUT2D eigenvalue weighted by Crippen LogP contribution is 2.29. The highest BCUT2D eigenvalue weighted by molar-refractivity contribution is 7.86. The van der Waals surface area contributed by atoms with Gasteiger partial charge >= 0.3 is 6.08 Å². The van der Waals surface area contributed by atoms with E-state index in [1.807, 2.05) is 0 Å². The molecule has 3 aromatic rings. The third-order valence-electron chi connectivity index (χ3n) is 3.89. The van der Waals surface area contributed by atoms with Crippen molar-refractivity contribution in [2.24, 2.45) is 9.75 Å². The van der Waals surface area contributed by atoms with Gasteiger partial charge in [-0.2, -0.15) is 36.2 Å². The summed E-state index contributed by atoms with van der Waals surface area (Å²) in [5.41, 5.74) is -0.0652. The van der Waals surface area contributed by atoms with Crippen LogP contribution in [0.5, 0.6) is 0 Å². The van der Waals surface area contributed by atoms with Crippen molar-refractivity contribution in [2.45, 2.75) is 16.2 Å². The fourth-order valence-electron chi connectivity index (χ4n) is 2.66. The molecule has 1 heterocycles. The number of aromatic nitrogens is 3. The van der Waals surface area contributed by atoms with Crippen molar-refractivity contribution in [2.75, 3.05) is 5.32 Å². The maximum absolute atomic E-state index is 14.0. The normalized spacial score (nSPS) is 12.2. The summed E-state index contributed by atoms with van der Waals surface area (Å²) in [7, 11) is -9.15. The molecule has 0 radical (unpaired) electrons. The van der Waals surface area contributed by atoms with Crippen molar-refractivity contribution >= 4 is 49.3 Å². The number of hydrogen-bond donors (Lipinski definition) is 3. The van der Waals surface area contributed by atoms with E-state index in [-0.39, 0.29) is 40.0 Å². The molecule has 0 spiro atoms. The lowest BCUT2D eigenvalue weighted by atomic mass is 10.1. The Morgan fingerprint density at radius 1 is 0.969 bits per heavy atom. The molecule has 0 fully saturated rings. The molecule has 0 aliphatic rings. The van der Waals surface area contributed by atoms with Gasteiger partial charge in [-0.05, 0) is 29.8 Å². The van der Waals surface area contributed by atoms with E-state index < -0.39 is 31.2 Å². The van der Waals surface area contributed by atoms with E-state index in [9.17, 15) is 30.3 Å². The molecule has 0 aliphatic heterocycles. The molecular weight excluding hydrogens is 491 g/mol. The van der Waals surface area contributed by atoms with Gasteiger partial charge in [0, 0.05) is 12.1 Å². The Bertz CT molecular complexity index is 1420. The minimum Gasteiger partial charge on any atom is -0.324 e. The highest BCUT2D eigenvalue weighted by atomic mass is 35.5. The first-order valence-electron chi connectivity index (χ1n) is 8.34. The van der Waals surface area contributed by atoms with Gasteiger partial charge in [-0.25, -0.2) is 0 Å². The van der Waals surface area contributed by atoms with Crippen LogP contribution in [0, 0.1) is 6.08 Å². The molecule has 0 amide bonds. The van der Waals surface area contributed by atoms with E-state index in [4.69, 9.17) is 11.8 Å². The van der Waals surface area contributed by atoms with Crippen LogP contribution in [-0.2, 0) is 26.7 Å². The molecule has 0 aliphatic carbocycles. The minimum atomic E-state index is -4.62. The van der Waals surface area contributed by atoms with Gasteiger partial charge in [0.25, 0.3) is 20.2 Å². The first-order chi connectivity index (χ1) is 15.0. The molecular formula is C16H12ClFN6O6S2. The Morgan fingerprint density at radius 3 is 2.31 bits per heavy atom. The topological polar surface area (TPSA) is 184 Å². The van der Waals surface area contributed by atoms with Crippen molar-refractivity contribution in [3.05, 3.63) is 59.9 Å². The SMILES string of the molecule is O=S(=O)(O)c1ccccc1Cc1nc(F)nc(Nc2ccc(S(=O)(=O)O)c(N=NCl)c2)n1. The van der Waals surface area contributed by atoms with Crippen LogP contribution in [0.3, 0.4) is 0 Å². The quantitative estimate of drug-likeness (QED) is 0.320. The fraction of sp³-hybridized carbons (Fsp3) is 0.0625. The molecule has 32 heavy (non-hydrogen) atoms. The number of anilines is 2. The van der Waals surface area contributed by atoms with Crippen LogP contribution in [-0.4, -0.2) is 40.9 Å². The van der Waals surface area contributed by atoms with E-state index in [1.54, 1.807) is 0 Å². The second kappa shape index (κ2) is 9.17. The second-order valence-corrected chi connectivity index (χ2v) is 8.99. The van der Waals surface area contributed by atoms with Gasteiger partial charge in [0.2, 0.25) is 5.95 Å². The zero-order valence-electron chi connectivity index (χ0n) is 15.6. The predicted molar refractivity (Wildman–Crippen MR) is 109 cm³/mol. The third-order valence-corrected chi connectivity index (χ3v) is 5.82. The van der Waals surface area contributed by atoms with Gasteiger partial charge in [0.1, 0.15) is 16.4 Å². The van der Waals surface area contributed by atoms with Crippen LogP contribution in [0.1, 0.15) is 11.4 Å². The van der Waals surface area contributed by atoms with Crippen LogP contribution >= 0.6 is 11.8 Å². The Labute approximate surface area is 185 Å². The maximum Gasteiger partial charge on any atom is 0.313 e. The highest BCUT2D eigenvalue weighted by Gasteiger charge is 2.18. The minimum absolute atomic E-state index is 0.119. The van der Waals surface area contributed by atoms with Crippen molar-refractivity contribution in [1.82, 2.24) is 15.0 Å². The average molecular weight is 503 g/mol. The van der Waals surface area contributed by atoms with Crippen molar-refractivity contribution < 1.29 is 30.3 Å². The fourth-order valence-corrected chi connectivity index (χ4v) is 4.07. The Morgan fingerprint density at radius 2 is 1.66 bits per heavy atom. The standard InChI is InChI=1S/C16H12ClFN6O6S2/c17-24-23-11-8-10(5-6-13(11)32(28,29)30)19-16-21-14(20-15(18)22-16)7-9-3-1-2-4-12(9)31(25,26)27/h1-6,8H,7H2,(H,25,26,27)(H,28,29,30)(H,19,20,21,22). The molecule has 16 heteroatoms. The van der Waals surface area contributed by atoms with Crippen LogP contribution < -0.4 is 5.32 Å². The van der Waals surface area contributed by atoms with Crippen LogP contribution in [0.15, 0.2) is 62.0 Å². The molecule has 0 unspecified atom stereocenters. The molecule has 0 atom stereocenters. The molecule has 12 nitrogen and oxygen atoms in total. The largest absolute Gasteiger partial charge is 0.324 e. The van der Waals surface area contributed by atoms with Gasteiger partial charge in [0.15, 0.2) is 0 Å². The molecule has 3 rings (SSSR count). The first kappa shape index (κ1) is 23.6.